The number of imide groups is 1. The first-order valence-electron chi connectivity index (χ1n) is 8.17. The molecule has 4 amide bonds. The zero-order chi connectivity index (χ0) is 15.7. The van der Waals surface area contributed by atoms with Crippen molar-refractivity contribution in [2.75, 3.05) is 19.6 Å². The molecular weight excluding hydrogens is 284 g/mol. The standard InChI is InChI=1S/C15H24N4O3/c1-10-4-2-3-6-15(10)13(21)19(14(22)18-15)9-12(20)17-11-5-7-16-8-11/h10-11,16H,2-9H2,1H3,(H,17,20)(H,18,22). The quantitative estimate of drug-likeness (QED) is 0.638. The molecule has 0 radical (unpaired) electrons. The molecule has 3 fully saturated rings. The van der Waals surface area contributed by atoms with Crippen LogP contribution in [0.2, 0.25) is 0 Å². The van der Waals surface area contributed by atoms with Crippen molar-refractivity contribution in [1.82, 2.24) is 20.9 Å². The highest BCUT2D eigenvalue weighted by atomic mass is 16.2. The van der Waals surface area contributed by atoms with E-state index in [4.69, 9.17) is 0 Å². The first-order valence-corrected chi connectivity index (χ1v) is 8.17. The van der Waals surface area contributed by atoms with Crippen molar-refractivity contribution in [3.05, 3.63) is 0 Å². The topological polar surface area (TPSA) is 90.5 Å². The van der Waals surface area contributed by atoms with E-state index in [1.807, 2.05) is 6.92 Å². The van der Waals surface area contributed by atoms with Gasteiger partial charge in [0.2, 0.25) is 5.91 Å². The molecule has 0 aromatic carbocycles. The fourth-order valence-corrected chi connectivity index (χ4v) is 3.83. The van der Waals surface area contributed by atoms with Crippen LogP contribution in [-0.2, 0) is 9.59 Å². The van der Waals surface area contributed by atoms with E-state index in [0.29, 0.717) is 6.42 Å². The van der Waals surface area contributed by atoms with Crippen molar-refractivity contribution in [2.45, 2.75) is 50.6 Å². The molecule has 3 rings (SSSR count). The molecule has 122 valence electrons. The summed E-state index contributed by atoms with van der Waals surface area (Å²) in [6.07, 6.45) is 4.50. The Kier molecular flexibility index (Phi) is 4.08. The van der Waals surface area contributed by atoms with Gasteiger partial charge in [-0.1, -0.05) is 19.8 Å². The molecule has 1 saturated carbocycles. The molecule has 2 saturated heterocycles. The molecule has 0 aromatic heterocycles. The second-order valence-corrected chi connectivity index (χ2v) is 6.70. The lowest BCUT2D eigenvalue weighted by Gasteiger charge is -2.36. The highest BCUT2D eigenvalue weighted by Gasteiger charge is 2.55. The number of amides is 4. The van der Waals surface area contributed by atoms with Crippen molar-refractivity contribution < 1.29 is 14.4 Å². The molecule has 3 atom stereocenters. The van der Waals surface area contributed by atoms with Crippen LogP contribution < -0.4 is 16.0 Å². The maximum atomic E-state index is 12.7. The lowest BCUT2D eigenvalue weighted by atomic mass is 9.73. The van der Waals surface area contributed by atoms with E-state index in [9.17, 15) is 14.4 Å². The summed E-state index contributed by atoms with van der Waals surface area (Å²) in [5.41, 5.74) is -0.787. The Bertz CT molecular complexity index is 489. The van der Waals surface area contributed by atoms with Gasteiger partial charge in [-0.05, 0) is 31.7 Å². The van der Waals surface area contributed by atoms with Gasteiger partial charge in [-0.15, -0.1) is 0 Å². The fourth-order valence-electron chi connectivity index (χ4n) is 3.83. The van der Waals surface area contributed by atoms with Gasteiger partial charge in [0.25, 0.3) is 5.91 Å². The summed E-state index contributed by atoms with van der Waals surface area (Å²) in [6, 6.07) is -0.339. The number of rotatable bonds is 3. The SMILES string of the molecule is CC1CCCCC12NC(=O)N(CC(=O)NC1CCNC1)C2=O. The summed E-state index contributed by atoms with van der Waals surface area (Å²) in [7, 11) is 0. The Morgan fingerprint density at radius 2 is 2.18 bits per heavy atom. The van der Waals surface area contributed by atoms with Crippen LogP contribution in [0.3, 0.4) is 0 Å². The van der Waals surface area contributed by atoms with Crippen LogP contribution in [0.15, 0.2) is 0 Å². The minimum Gasteiger partial charge on any atom is -0.350 e. The van der Waals surface area contributed by atoms with Gasteiger partial charge in [-0.25, -0.2) is 4.79 Å². The highest BCUT2D eigenvalue weighted by molar-refractivity contribution is 6.09. The summed E-state index contributed by atoms with van der Waals surface area (Å²) < 4.78 is 0. The highest BCUT2D eigenvalue weighted by Crippen LogP contribution is 2.38. The molecule has 3 unspecified atom stereocenters. The molecule has 0 aromatic rings. The Balaban J connectivity index is 1.65. The lowest BCUT2D eigenvalue weighted by molar-refractivity contribution is -0.137. The van der Waals surface area contributed by atoms with E-state index < -0.39 is 11.6 Å². The maximum Gasteiger partial charge on any atom is 0.325 e. The largest absolute Gasteiger partial charge is 0.350 e. The van der Waals surface area contributed by atoms with Crippen molar-refractivity contribution >= 4 is 17.8 Å². The second-order valence-electron chi connectivity index (χ2n) is 6.70. The van der Waals surface area contributed by atoms with Gasteiger partial charge in [0.1, 0.15) is 12.1 Å². The van der Waals surface area contributed by atoms with E-state index in [2.05, 4.69) is 16.0 Å². The number of hydrogen-bond acceptors (Lipinski definition) is 4. The molecule has 22 heavy (non-hydrogen) atoms. The van der Waals surface area contributed by atoms with E-state index in [0.717, 1.165) is 43.7 Å². The summed E-state index contributed by atoms with van der Waals surface area (Å²) >= 11 is 0. The van der Waals surface area contributed by atoms with Crippen LogP contribution >= 0.6 is 0 Å². The molecule has 3 aliphatic rings. The number of nitrogens with one attached hydrogen (secondary N) is 3. The summed E-state index contributed by atoms with van der Waals surface area (Å²) in [6.45, 7) is 3.45. The number of carbonyl (C=O) groups is 3. The average molecular weight is 308 g/mol. The Labute approximate surface area is 130 Å². The number of carbonyl (C=O) groups excluding carboxylic acids is 3. The fraction of sp³-hybridized carbons (Fsp3) is 0.800. The smallest absolute Gasteiger partial charge is 0.325 e. The van der Waals surface area contributed by atoms with Crippen LogP contribution in [0.5, 0.6) is 0 Å². The number of urea groups is 1. The minimum atomic E-state index is -0.787. The summed E-state index contributed by atoms with van der Waals surface area (Å²) in [5.74, 6) is -0.382. The Morgan fingerprint density at radius 3 is 2.86 bits per heavy atom. The monoisotopic (exact) mass is 308 g/mol. The molecule has 2 heterocycles. The van der Waals surface area contributed by atoms with Crippen molar-refractivity contribution in [3.63, 3.8) is 0 Å². The van der Waals surface area contributed by atoms with Gasteiger partial charge in [0.15, 0.2) is 0 Å². The predicted octanol–water partition coefficient (Wildman–Crippen LogP) is -0.0348. The first-order chi connectivity index (χ1) is 10.5. The molecule has 3 N–H and O–H groups in total. The third kappa shape index (κ3) is 2.58. The molecule has 1 spiro atoms. The van der Waals surface area contributed by atoms with Gasteiger partial charge >= 0.3 is 6.03 Å². The molecular formula is C15H24N4O3. The third-order valence-corrected chi connectivity index (χ3v) is 5.23. The van der Waals surface area contributed by atoms with E-state index in [1.165, 1.54) is 0 Å². The normalized spacial score (nSPS) is 35.0. The maximum absolute atomic E-state index is 12.7. The Morgan fingerprint density at radius 1 is 1.36 bits per heavy atom. The predicted molar refractivity (Wildman–Crippen MR) is 80.0 cm³/mol. The van der Waals surface area contributed by atoms with Crippen LogP contribution in [0.1, 0.15) is 39.0 Å². The lowest BCUT2D eigenvalue weighted by Crippen LogP contribution is -2.54. The van der Waals surface area contributed by atoms with Gasteiger partial charge in [0.05, 0.1) is 0 Å². The van der Waals surface area contributed by atoms with Crippen molar-refractivity contribution in [2.24, 2.45) is 5.92 Å². The molecule has 7 nitrogen and oxygen atoms in total. The summed E-state index contributed by atoms with van der Waals surface area (Å²) in [5, 5.41) is 8.90. The average Bonchev–Trinajstić information content (AvgIpc) is 3.06. The minimum absolute atomic E-state index is 0.0934. The van der Waals surface area contributed by atoms with Crippen LogP contribution in [0.25, 0.3) is 0 Å². The first kappa shape index (κ1) is 15.3. The third-order valence-electron chi connectivity index (χ3n) is 5.23. The van der Waals surface area contributed by atoms with Gasteiger partial charge in [0, 0.05) is 12.6 Å². The second kappa shape index (κ2) is 5.87. The van der Waals surface area contributed by atoms with E-state index >= 15 is 0 Å². The van der Waals surface area contributed by atoms with Gasteiger partial charge in [-0.3, -0.25) is 14.5 Å². The van der Waals surface area contributed by atoms with Crippen molar-refractivity contribution in [3.8, 4) is 0 Å². The summed E-state index contributed by atoms with van der Waals surface area (Å²) in [4.78, 5) is 38.1. The number of hydrogen-bond donors (Lipinski definition) is 3. The zero-order valence-corrected chi connectivity index (χ0v) is 13.0. The molecule has 7 heteroatoms. The number of nitrogens with zero attached hydrogens (tertiary/aromatic N) is 1. The van der Waals surface area contributed by atoms with Crippen LogP contribution in [-0.4, -0.2) is 54.0 Å². The van der Waals surface area contributed by atoms with Crippen LogP contribution in [0.4, 0.5) is 4.79 Å². The van der Waals surface area contributed by atoms with Gasteiger partial charge in [-0.2, -0.15) is 0 Å². The van der Waals surface area contributed by atoms with Crippen molar-refractivity contribution in [1.29, 1.82) is 0 Å². The Hall–Kier alpha value is -1.63. The van der Waals surface area contributed by atoms with Crippen LogP contribution in [0, 0.1) is 5.92 Å². The molecule has 1 aliphatic carbocycles. The molecule has 0 bridgehead atoms. The van der Waals surface area contributed by atoms with Gasteiger partial charge < -0.3 is 16.0 Å². The zero-order valence-electron chi connectivity index (χ0n) is 13.0. The van der Waals surface area contributed by atoms with E-state index in [1.54, 1.807) is 0 Å². The molecule has 2 aliphatic heterocycles. The van der Waals surface area contributed by atoms with E-state index in [-0.39, 0.29) is 30.3 Å².